The first-order valence-corrected chi connectivity index (χ1v) is 9.77. The third-order valence-electron chi connectivity index (χ3n) is 1.87. The van der Waals surface area contributed by atoms with E-state index in [1.807, 2.05) is 0 Å². The van der Waals surface area contributed by atoms with Gasteiger partial charge in [-0.15, -0.1) is 0 Å². The molecule has 1 aliphatic rings. The summed E-state index contributed by atoms with van der Waals surface area (Å²) in [4.78, 5) is 0. The minimum atomic E-state index is 0.813. The molecular formula is C10H20S4. The van der Waals surface area contributed by atoms with Gasteiger partial charge in [0.15, 0.2) is 0 Å². The maximum absolute atomic E-state index is 2.32. The van der Waals surface area contributed by atoms with Gasteiger partial charge in [0.2, 0.25) is 0 Å². The first-order chi connectivity index (χ1) is 6.58. The molecule has 0 amide bonds. The van der Waals surface area contributed by atoms with Crippen LogP contribution < -0.4 is 0 Å². The summed E-state index contributed by atoms with van der Waals surface area (Å²) in [5.74, 6) is 1.67. The standard InChI is InChI=1S/C10H20S4/c1-7(2)5-9-11-13-10(14-12-9)6-8(3)4/h7-10H,5-6H2,1-4H3. The predicted molar refractivity (Wildman–Crippen MR) is 76.9 cm³/mol. The zero-order valence-electron chi connectivity index (χ0n) is 9.36. The molecule has 0 aliphatic carbocycles. The lowest BCUT2D eigenvalue weighted by atomic mass is 10.2. The Labute approximate surface area is 104 Å². The maximum atomic E-state index is 2.32. The van der Waals surface area contributed by atoms with Crippen LogP contribution >= 0.6 is 43.2 Å². The SMILES string of the molecule is CC(C)CC1SSC(CC(C)C)SS1. The summed E-state index contributed by atoms with van der Waals surface area (Å²) in [6.45, 7) is 9.26. The second kappa shape index (κ2) is 6.87. The highest BCUT2D eigenvalue weighted by Crippen LogP contribution is 2.56. The molecule has 1 aliphatic heterocycles. The molecule has 0 N–H and O–H groups in total. The van der Waals surface area contributed by atoms with Crippen molar-refractivity contribution in [2.75, 3.05) is 0 Å². The minimum absolute atomic E-state index is 0.813. The smallest absolute Gasteiger partial charge is 0.0712 e. The van der Waals surface area contributed by atoms with Crippen LogP contribution in [-0.2, 0) is 0 Å². The molecule has 1 heterocycles. The third-order valence-corrected chi connectivity index (χ3v) is 9.79. The van der Waals surface area contributed by atoms with Crippen molar-refractivity contribution < 1.29 is 0 Å². The number of rotatable bonds is 4. The molecule has 0 radical (unpaired) electrons. The van der Waals surface area contributed by atoms with Gasteiger partial charge in [-0.1, -0.05) is 70.9 Å². The second-order valence-corrected chi connectivity index (χ2v) is 10.5. The highest BCUT2D eigenvalue weighted by molar-refractivity contribution is 8.93. The molecule has 4 heteroatoms. The summed E-state index contributed by atoms with van der Waals surface area (Å²) >= 11 is 0. The van der Waals surface area contributed by atoms with Gasteiger partial charge in [0.25, 0.3) is 0 Å². The predicted octanol–water partition coefficient (Wildman–Crippen LogP) is 5.51. The summed E-state index contributed by atoms with van der Waals surface area (Å²) < 4.78 is 1.63. The van der Waals surface area contributed by atoms with Crippen LogP contribution in [0, 0.1) is 11.8 Å². The first kappa shape index (κ1) is 13.5. The molecule has 1 rings (SSSR count). The van der Waals surface area contributed by atoms with Crippen molar-refractivity contribution in [3.05, 3.63) is 0 Å². The fourth-order valence-corrected chi connectivity index (χ4v) is 10.2. The summed E-state index contributed by atoms with van der Waals surface area (Å²) in [7, 11) is 8.40. The quantitative estimate of drug-likeness (QED) is 0.616. The fourth-order valence-electron chi connectivity index (χ4n) is 1.21. The van der Waals surface area contributed by atoms with E-state index in [2.05, 4.69) is 70.9 Å². The van der Waals surface area contributed by atoms with E-state index in [1.165, 1.54) is 12.8 Å². The van der Waals surface area contributed by atoms with Crippen molar-refractivity contribution in [1.82, 2.24) is 0 Å². The highest BCUT2D eigenvalue weighted by atomic mass is 33.2. The van der Waals surface area contributed by atoms with Crippen LogP contribution in [0.1, 0.15) is 40.5 Å². The van der Waals surface area contributed by atoms with Gasteiger partial charge in [-0.25, -0.2) is 0 Å². The van der Waals surface area contributed by atoms with Crippen LogP contribution in [0.5, 0.6) is 0 Å². The first-order valence-electron chi connectivity index (χ1n) is 5.22. The number of hydrogen-bond acceptors (Lipinski definition) is 4. The molecule has 0 atom stereocenters. The Kier molecular flexibility index (Phi) is 6.61. The van der Waals surface area contributed by atoms with Crippen molar-refractivity contribution in [3.8, 4) is 0 Å². The second-order valence-electron chi connectivity index (χ2n) is 4.50. The van der Waals surface area contributed by atoms with Crippen molar-refractivity contribution in [3.63, 3.8) is 0 Å². The Hall–Kier alpha value is 1.40. The average Bonchev–Trinajstić information content (AvgIpc) is 2.06. The lowest BCUT2D eigenvalue weighted by Crippen LogP contribution is -2.08. The molecule has 0 unspecified atom stereocenters. The van der Waals surface area contributed by atoms with Gasteiger partial charge in [-0.3, -0.25) is 0 Å². The van der Waals surface area contributed by atoms with E-state index in [0.717, 1.165) is 21.0 Å². The molecule has 0 aromatic carbocycles. The van der Waals surface area contributed by atoms with Crippen LogP contribution in [0.4, 0.5) is 0 Å². The molecular weight excluding hydrogens is 248 g/mol. The van der Waals surface area contributed by atoms with Gasteiger partial charge in [0.1, 0.15) is 0 Å². The molecule has 1 saturated heterocycles. The Morgan fingerprint density at radius 2 is 1.00 bits per heavy atom. The molecule has 0 nitrogen and oxygen atoms in total. The summed E-state index contributed by atoms with van der Waals surface area (Å²) in [5, 5.41) is 0. The summed E-state index contributed by atoms with van der Waals surface area (Å²) in [5.41, 5.74) is 0. The Balaban J connectivity index is 2.17. The van der Waals surface area contributed by atoms with Gasteiger partial charge < -0.3 is 0 Å². The largest absolute Gasteiger partial charge is 0.0776 e. The molecule has 14 heavy (non-hydrogen) atoms. The molecule has 0 aromatic heterocycles. The lowest BCUT2D eigenvalue weighted by molar-refractivity contribution is 0.618. The highest BCUT2D eigenvalue weighted by Gasteiger charge is 2.24. The van der Waals surface area contributed by atoms with Gasteiger partial charge in [-0.05, 0) is 24.7 Å². The van der Waals surface area contributed by atoms with Crippen molar-refractivity contribution >= 4 is 43.2 Å². The van der Waals surface area contributed by atoms with E-state index >= 15 is 0 Å². The molecule has 1 fully saturated rings. The Morgan fingerprint density at radius 1 is 0.714 bits per heavy atom. The van der Waals surface area contributed by atoms with Crippen LogP contribution in [0.25, 0.3) is 0 Å². The fraction of sp³-hybridized carbons (Fsp3) is 1.00. The molecule has 0 spiro atoms. The molecule has 0 bridgehead atoms. The van der Waals surface area contributed by atoms with Gasteiger partial charge in [-0.2, -0.15) is 0 Å². The van der Waals surface area contributed by atoms with E-state index in [1.54, 1.807) is 0 Å². The normalized spacial score (nSPS) is 28.7. The van der Waals surface area contributed by atoms with Crippen LogP contribution in [-0.4, -0.2) is 9.16 Å². The molecule has 0 saturated carbocycles. The van der Waals surface area contributed by atoms with Crippen molar-refractivity contribution in [2.45, 2.75) is 49.7 Å². The Bertz CT molecular complexity index is 132. The van der Waals surface area contributed by atoms with Crippen molar-refractivity contribution in [1.29, 1.82) is 0 Å². The van der Waals surface area contributed by atoms with Crippen LogP contribution in [0.15, 0.2) is 0 Å². The van der Waals surface area contributed by atoms with Crippen LogP contribution in [0.2, 0.25) is 0 Å². The van der Waals surface area contributed by atoms with Gasteiger partial charge >= 0.3 is 0 Å². The topological polar surface area (TPSA) is 0 Å². The summed E-state index contributed by atoms with van der Waals surface area (Å²) in [6.07, 6.45) is 2.70. The number of hydrogen-bond donors (Lipinski definition) is 0. The molecule has 84 valence electrons. The monoisotopic (exact) mass is 268 g/mol. The zero-order valence-corrected chi connectivity index (χ0v) is 12.6. The maximum Gasteiger partial charge on any atom is 0.0712 e. The van der Waals surface area contributed by atoms with Crippen LogP contribution in [0.3, 0.4) is 0 Å². The average molecular weight is 269 g/mol. The van der Waals surface area contributed by atoms with E-state index in [9.17, 15) is 0 Å². The molecule has 0 aromatic rings. The Morgan fingerprint density at radius 3 is 1.21 bits per heavy atom. The van der Waals surface area contributed by atoms with E-state index < -0.39 is 0 Å². The minimum Gasteiger partial charge on any atom is -0.0776 e. The zero-order chi connectivity index (χ0) is 10.6. The summed E-state index contributed by atoms with van der Waals surface area (Å²) in [6, 6.07) is 0. The van der Waals surface area contributed by atoms with E-state index in [4.69, 9.17) is 0 Å². The lowest BCUT2D eigenvalue weighted by Gasteiger charge is -2.27. The van der Waals surface area contributed by atoms with Gasteiger partial charge in [0.05, 0.1) is 9.16 Å². The van der Waals surface area contributed by atoms with Gasteiger partial charge in [0, 0.05) is 0 Å². The van der Waals surface area contributed by atoms with Crippen molar-refractivity contribution in [2.24, 2.45) is 11.8 Å². The van der Waals surface area contributed by atoms with E-state index in [0.29, 0.717) is 0 Å². The van der Waals surface area contributed by atoms with E-state index in [-0.39, 0.29) is 0 Å². The third kappa shape index (κ3) is 5.47.